The lowest BCUT2D eigenvalue weighted by molar-refractivity contribution is -0.173. The van der Waals surface area contributed by atoms with E-state index in [9.17, 15) is 18.0 Å². The Morgan fingerprint density at radius 3 is 2.48 bits per heavy atom. The highest BCUT2D eigenvalue weighted by Crippen LogP contribution is 2.45. The molecule has 174 valence electrons. The third-order valence-electron chi connectivity index (χ3n) is 5.53. The maximum absolute atomic E-state index is 14.0. The topological polar surface area (TPSA) is 91.4 Å². The summed E-state index contributed by atoms with van der Waals surface area (Å²) >= 11 is 6.11. The number of hydrogen-bond donors (Lipinski definition) is 2. The minimum atomic E-state index is -4.53. The summed E-state index contributed by atoms with van der Waals surface area (Å²) in [6.45, 7) is 0. The second-order valence-corrected chi connectivity index (χ2v) is 7.93. The second-order valence-electron chi connectivity index (χ2n) is 7.52. The molecule has 3 aromatic rings. The first-order valence-corrected chi connectivity index (χ1v) is 10.2. The van der Waals surface area contributed by atoms with E-state index in [-0.39, 0.29) is 28.5 Å². The average molecular weight is 481 g/mol. The zero-order valence-corrected chi connectivity index (χ0v) is 18.4. The fourth-order valence-electron chi connectivity index (χ4n) is 3.88. The number of hydrogen-bond acceptors (Lipinski definition) is 5. The van der Waals surface area contributed by atoms with Crippen molar-refractivity contribution in [3.63, 3.8) is 0 Å². The zero-order chi connectivity index (χ0) is 23.9. The predicted octanol–water partition coefficient (Wildman–Crippen LogP) is 4.98. The van der Waals surface area contributed by atoms with Gasteiger partial charge in [0.25, 0.3) is 0 Å². The number of benzene rings is 2. The predicted molar refractivity (Wildman–Crippen MR) is 117 cm³/mol. The van der Waals surface area contributed by atoms with Gasteiger partial charge >= 0.3 is 6.18 Å². The van der Waals surface area contributed by atoms with Crippen LogP contribution in [0.15, 0.2) is 42.5 Å². The normalized spacial score (nSPS) is 17.8. The Hall–Kier alpha value is -3.40. The van der Waals surface area contributed by atoms with Crippen molar-refractivity contribution in [3.8, 4) is 22.8 Å². The van der Waals surface area contributed by atoms with Crippen molar-refractivity contribution in [2.75, 3.05) is 19.5 Å². The molecule has 2 heterocycles. The first-order chi connectivity index (χ1) is 15.6. The number of anilines is 1. The molecule has 0 spiro atoms. The molecule has 0 aliphatic carbocycles. The van der Waals surface area contributed by atoms with Crippen LogP contribution in [0.1, 0.15) is 34.4 Å². The van der Waals surface area contributed by atoms with Gasteiger partial charge in [0, 0.05) is 18.1 Å². The Balaban J connectivity index is 1.74. The van der Waals surface area contributed by atoms with Gasteiger partial charge in [-0.1, -0.05) is 23.7 Å². The summed E-state index contributed by atoms with van der Waals surface area (Å²) in [4.78, 5) is 11.4. The lowest BCUT2D eigenvalue weighted by Gasteiger charge is -2.33. The van der Waals surface area contributed by atoms with Crippen molar-refractivity contribution in [1.29, 1.82) is 0 Å². The van der Waals surface area contributed by atoms with E-state index in [0.717, 1.165) is 4.68 Å². The van der Waals surface area contributed by atoms with E-state index in [1.807, 2.05) is 0 Å². The number of halogens is 4. The molecule has 11 heteroatoms. The van der Waals surface area contributed by atoms with Crippen LogP contribution in [0, 0.1) is 0 Å². The molecular weight excluding hydrogens is 461 g/mol. The summed E-state index contributed by atoms with van der Waals surface area (Å²) in [7, 11) is 2.95. The molecule has 33 heavy (non-hydrogen) atoms. The first kappa shape index (κ1) is 22.8. The summed E-state index contributed by atoms with van der Waals surface area (Å²) < 4.78 is 53.4. The highest BCUT2D eigenvalue weighted by Gasteiger charge is 2.46. The molecular formula is C22H20ClF3N4O3. The number of fused-ring (bicyclic) bond motifs is 1. The molecule has 1 amide bonds. The van der Waals surface area contributed by atoms with Gasteiger partial charge in [-0.2, -0.15) is 18.3 Å². The number of aromatic nitrogens is 2. The summed E-state index contributed by atoms with van der Waals surface area (Å²) in [6, 6.07) is 8.43. The Labute approximate surface area is 192 Å². The van der Waals surface area contributed by atoms with E-state index in [4.69, 9.17) is 26.8 Å². The number of carbonyl (C=O) groups excluding carboxylic acids is 1. The molecule has 2 aromatic carbocycles. The van der Waals surface area contributed by atoms with Crippen molar-refractivity contribution in [3.05, 3.63) is 58.6 Å². The average Bonchev–Trinajstić information content (AvgIpc) is 3.21. The third-order valence-corrected chi connectivity index (χ3v) is 5.84. The van der Waals surface area contributed by atoms with Gasteiger partial charge in [-0.15, -0.1) is 0 Å². The van der Waals surface area contributed by atoms with Gasteiger partial charge in [-0.25, -0.2) is 4.68 Å². The van der Waals surface area contributed by atoms with Crippen molar-refractivity contribution in [1.82, 2.24) is 9.78 Å². The molecule has 1 aliphatic rings. The smallest absolute Gasteiger partial charge is 0.410 e. The number of nitrogens with two attached hydrogens (primary N) is 1. The van der Waals surface area contributed by atoms with E-state index < -0.39 is 24.2 Å². The van der Waals surface area contributed by atoms with E-state index in [2.05, 4.69) is 10.4 Å². The van der Waals surface area contributed by atoms with Crippen LogP contribution in [0.25, 0.3) is 11.3 Å². The van der Waals surface area contributed by atoms with Crippen LogP contribution in [0.2, 0.25) is 5.02 Å². The number of nitrogens with one attached hydrogen (secondary N) is 1. The summed E-state index contributed by atoms with van der Waals surface area (Å²) in [5.41, 5.74) is 6.73. The summed E-state index contributed by atoms with van der Waals surface area (Å²) in [5, 5.41) is 7.42. The quantitative estimate of drug-likeness (QED) is 0.537. The van der Waals surface area contributed by atoms with Crippen molar-refractivity contribution >= 4 is 23.3 Å². The molecule has 2 atom stereocenters. The monoisotopic (exact) mass is 480 g/mol. The van der Waals surface area contributed by atoms with Gasteiger partial charge in [0.05, 0.1) is 36.5 Å². The van der Waals surface area contributed by atoms with Crippen LogP contribution in [-0.4, -0.2) is 36.1 Å². The third kappa shape index (κ3) is 4.30. The Morgan fingerprint density at radius 2 is 1.88 bits per heavy atom. The number of nitrogens with zero attached hydrogens (tertiary/aromatic N) is 2. The summed E-state index contributed by atoms with van der Waals surface area (Å²) in [6.07, 6.45) is -4.79. The minimum Gasteiger partial charge on any atom is -0.493 e. The second kappa shape index (κ2) is 8.51. The van der Waals surface area contributed by atoms with Crippen LogP contribution < -0.4 is 20.5 Å². The molecule has 0 bridgehead atoms. The van der Waals surface area contributed by atoms with Gasteiger partial charge < -0.3 is 20.5 Å². The molecule has 0 saturated carbocycles. The van der Waals surface area contributed by atoms with E-state index in [1.165, 1.54) is 38.5 Å². The molecule has 0 radical (unpaired) electrons. The van der Waals surface area contributed by atoms with Gasteiger partial charge in [0.1, 0.15) is 5.82 Å². The molecule has 0 unspecified atom stereocenters. The largest absolute Gasteiger partial charge is 0.493 e. The van der Waals surface area contributed by atoms with E-state index in [1.54, 1.807) is 18.2 Å². The molecule has 0 saturated heterocycles. The Bertz CT molecular complexity index is 1210. The van der Waals surface area contributed by atoms with Crippen LogP contribution in [0.5, 0.6) is 11.5 Å². The number of carbonyl (C=O) groups is 1. The number of primary amides is 1. The van der Waals surface area contributed by atoms with Crippen LogP contribution in [0.3, 0.4) is 0 Å². The maximum Gasteiger partial charge on any atom is 0.410 e. The Kier molecular flexibility index (Phi) is 5.87. The number of ether oxygens (including phenoxy) is 2. The molecule has 0 fully saturated rings. The molecule has 3 N–H and O–H groups in total. The minimum absolute atomic E-state index is 0.0921. The number of alkyl halides is 3. The lowest BCUT2D eigenvalue weighted by Crippen LogP contribution is -2.35. The molecule has 1 aromatic heterocycles. The molecule has 7 nitrogen and oxygen atoms in total. The van der Waals surface area contributed by atoms with Crippen molar-refractivity contribution < 1.29 is 27.4 Å². The molecule has 4 rings (SSSR count). The number of methoxy groups -OCH3 is 2. The Morgan fingerprint density at radius 1 is 1.15 bits per heavy atom. The highest BCUT2D eigenvalue weighted by molar-refractivity contribution is 6.34. The molecule has 1 aliphatic heterocycles. The van der Waals surface area contributed by atoms with E-state index in [0.29, 0.717) is 22.6 Å². The van der Waals surface area contributed by atoms with Gasteiger partial charge in [0.2, 0.25) is 5.91 Å². The van der Waals surface area contributed by atoms with Gasteiger partial charge in [0.15, 0.2) is 17.5 Å². The number of amides is 1. The van der Waals surface area contributed by atoms with Crippen molar-refractivity contribution in [2.24, 2.45) is 5.73 Å². The van der Waals surface area contributed by atoms with Gasteiger partial charge in [-0.3, -0.25) is 4.79 Å². The maximum atomic E-state index is 14.0. The van der Waals surface area contributed by atoms with E-state index >= 15 is 0 Å². The summed E-state index contributed by atoms with van der Waals surface area (Å²) in [5.74, 6) is 0.401. The SMILES string of the molecule is COc1ccc([C@@H]2C[C@H](C(F)(F)F)n3nc(-c4ccc(C(N)=O)c(Cl)c4)cc3N2)cc1OC. The van der Waals surface area contributed by atoms with Gasteiger partial charge in [-0.05, 0) is 29.8 Å². The fraction of sp³-hybridized carbons (Fsp3) is 0.273. The zero-order valence-electron chi connectivity index (χ0n) is 17.6. The number of rotatable bonds is 5. The fourth-order valence-corrected chi connectivity index (χ4v) is 4.15. The highest BCUT2D eigenvalue weighted by atomic mass is 35.5. The van der Waals surface area contributed by atoms with Crippen LogP contribution in [-0.2, 0) is 0 Å². The standard InChI is InChI=1S/C22H20ClF3N4O3/c1-32-17-6-4-12(8-18(17)33-2)15-9-19(22(24,25)26)30-20(28-15)10-16(29-30)11-3-5-13(21(27)31)14(23)7-11/h3-8,10,15,19,28H,9H2,1-2H3,(H2,27,31)/t15-,19+/m0/s1. The first-order valence-electron chi connectivity index (χ1n) is 9.86. The van der Waals surface area contributed by atoms with Crippen LogP contribution in [0.4, 0.5) is 19.0 Å². The lowest BCUT2D eigenvalue weighted by atomic mass is 9.96. The van der Waals surface area contributed by atoms with Crippen molar-refractivity contribution in [2.45, 2.75) is 24.7 Å². The van der Waals surface area contributed by atoms with Crippen LogP contribution >= 0.6 is 11.6 Å².